The molecule has 8 heteroatoms. The Morgan fingerprint density at radius 3 is 2.57 bits per heavy atom. The molecule has 0 bridgehead atoms. The first-order chi connectivity index (χ1) is 10.2. The van der Waals surface area contributed by atoms with Crippen molar-refractivity contribution in [2.75, 3.05) is 6.61 Å². The van der Waals surface area contributed by atoms with E-state index in [1.165, 1.54) is 0 Å². The van der Waals surface area contributed by atoms with E-state index in [4.69, 9.17) is 20.1 Å². The van der Waals surface area contributed by atoms with Crippen LogP contribution in [0.25, 0.3) is 10.4 Å². The number of aliphatic hydroxyl groups excluding tert-OH is 3. The Balaban J connectivity index is 2.08. The summed E-state index contributed by atoms with van der Waals surface area (Å²) in [5, 5.41) is 32.3. The summed E-state index contributed by atoms with van der Waals surface area (Å²) in [6.07, 6.45) is -4.75. The molecule has 8 nitrogen and oxygen atoms in total. The van der Waals surface area contributed by atoms with Gasteiger partial charge < -0.3 is 24.8 Å². The summed E-state index contributed by atoms with van der Waals surface area (Å²) in [4.78, 5) is 2.63. The van der Waals surface area contributed by atoms with Gasteiger partial charge in [-0.2, -0.15) is 0 Å². The smallest absolute Gasteiger partial charge is 0.169 e. The van der Waals surface area contributed by atoms with Gasteiger partial charge in [-0.25, -0.2) is 0 Å². The van der Waals surface area contributed by atoms with Crippen molar-refractivity contribution < 1.29 is 24.8 Å². The zero-order valence-electron chi connectivity index (χ0n) is 11.2. The van der Waals surface area contributed by atoms with Gasteiger partial charge >= 0.3 is 0 Å². The quantitative estimate of drug-likeness (QED) is 0.409. The largest absolute Gasteiger partial charge is 0.394 e. The van der Waals surface area contributed by atoms with Crippen LogP contribution in [0.1, 0.15) is 5.56 Å². The van der Waals surface area contributed by atoms with E-state index < -0.39 is 37.3 Å². The van der Waals surface area contributed by atoms with Gasteiger partial charge in [-0.05, 0) is 11.1 Å². The third kappa shape index (κ3) is 3.70. The SMILES string of the molecule is [N-]=[N+]=N[C@@H]1[C@@H](OCc2ccccc2)O[C@H](CO)[C@@H](O)[C@@H]1O. The van der Waals surface area contributed by atoms with Gasteiger partial charge in [-0.3, -0.25) is 0 Å². The van der Waals surface area contributed by atoms with E-state index in [2.05, 4.69) is 10.0 Å². The Kier molecular flexibility index (Phi) is 5.51. The monoisotopic (exact) mass is 295 g/mol. The number of benzene rings is 1. The van der Waals surface area contributed by atoms with Gasteiger partial charge in [-0.1, -0.05) is 35.4 Å². The Bertz CT molecular complexity index is 494. The molecule has 0 aromatic heterocycles. The second-order valence-electron chi connectivity index (χ2n) is 4.70. The topological polar surface area (TPSA) is 128 Å². The van der Waals surface area contributed by atoms with Crippen LogP contribution in [0.5, 0.6) is 0 Å². The number of nitrogens with zero attached hydrogens (tertiary/aromatic N) is 3. The molecule has 1 heterocycles. The molecule has 2 rings (SSSR count). The molecule has 1 aromatic rings. The highest BCUT2D eigenvalue weighted by molar-refractivity contribution is 5.13. The van der Waals surface area contributed by atoms with Gasteiger partial charge in [0.1, 0.15) is 18.2 Å². The van der Waals surface area contributed by atoms with E-state index >= 15 is 0 Å². The highest BCUT2D eigenvalue weighted by Gasteiger charge is 2.44. The Morgan fingerprint density at radius 1 is 1.24 bits per heavy atom. The molecule has 5 atom stereocenters. The van der Waals surface area contributed by atoms with Crippen molar-refractivity contribution in [3.63, 3.8) is 0 Å². The highest BCUT2D eigenvalue weighted by atomic mass is 16.7. The summed E-state index contributed by atoms with van der Waals surface area (Å²) >= 11 is 0. The molecule has 0 unspecified atom stereocenters. The molecule has 1 fully saturated rings. The van der Waals surface area contributed by atoms with Gasteiger partial charge in [0.25, 0.3) is 0 Å². The van der Waals surface area contributed by atoms with E-state index in [0.29, 0.717) is 0 Å². The van der Waals surface area contributed by atoms with Crippen LogP contribution in [0.2, 0.25) is 0 Å². The molecule has 1 aromatic carbocycles. The van der Waals surface area contributed by atoms with Crippen molar-refractivity contribution >= 4 is 0 Å². The van der Waals surface area contributed by atoms with E-state index in [1.54, 1.807) is 0 Å². The van der Waals surface area contributed by atoms with Crippen LogP contribution in [0.3, 0.4) is 0 Å². The third-order valence-electron chi connectivity index (χ3n) is 3.29. The van der Waals surface area contributed by atoms with Crippen LogP contribution >= 0.6 is 0 Å². The van der Waals surface area contributed by atoms with Crippen molar-refractivity contribution in [2.24, 2.45) is 5.11 Å². The lowest BCUT2D eigenvalue weighted by Gasteiger charge is -2.40. The van der Waals surface area contributed by atoms with Gasteiger partial charge in [0, 0.05) is 4.91 Å². The van der Waals surface area contributed by atoms with Crippen LogP contribution in [0.4, 0.5) is 0 Å². The number of rotatable bonds is 5. The molecule has 1 aliphatic rings. The maximum Gasteiger partial charge on any atom is 0.169 e. The van der Waals surface area contributed by atoms with Crippen LogP contribution in [0.15, 0.2) is 35.4 Å². The maximum atomic E-state index is 9.95. The van der Waals surface area contributed by atoms with Gasteiger partial charge in [0.2, 0.25) is 0 Å². The molecular weight excluding hydrogens is 278 g/mol. The fraction of sp³-hybridized carbons (Fsp3) is 0.538. The van der Waals surface area contributed by atoms with Crippen molar-refractivity contribution in [1.29, 1.82) is 0 Å². The molecule has 3 N–H and O–H groups in total. The lowest BCUT2D eigenvalue weighted by Crippen LogP contribution is -2.58. The van der Waals surface area contributed by atoms with Crippen molar-refractivity contribution in [3.8, 4) is 0 Å². The molecular formula is C13H17N3O5. The minimum atomic E-state index is -1.37. The summed E-state index contributed by atoms with van der Waals surface area (Å²) in [5.74, 6) is 0. The Labute approximate surface area is 121 Å². The number of ether oxygens (including phenoxy) is 2. The molecule has 0 aliphatic carbocycles. The fourth-order valence-corrected chi connectivity index (χ4v) is 2.14. The highest BCUT2D eigenvalue weighted by Crippen LogP contribution is 2.25. The van der Waals surface area contributed by atoms with Gasteiger partial charge in [0.15, 0.2) is 6.29 Å². The first kappa shape index (κ1) is 15.7. The molecule has 1 saturated heterocycles. The zero-order valence-corrected chi connectivity index (χ0v) is 11.2. The van der Waals surface area contributed by atoms with Gasteiger partial charge in [-0.15, -0.1) is 0 Å². The standard InChI is InChI=1S/C13H17N3O5/c14-16-15-10-12(19)11(18)9(6-17)21-13(10)20-7-8-4-2-1-3-5-8/h1-5,9-13,17-19H,6-7H2/t9-,10+,11-,12-,13+/m1/s1. The Hall–Kier alpha value is -1.67. The maximum absolute atomic E-state index is 9.95. The summed E-state index contributed by atoms with van der Waals surface area (Å²) in [5.41, 5.74) is 9.43. The van der Waals surface area contributed by atoms with E-state index in [0.717, 1.165) is 5.56 Å². The van der Waals surface area contributed by atoms with Crippen molar-refractivity contribution in [1.82, 2.24) is 0 Å². The normalized spacial score (nSPS) is 32.4. The first-order valence-corrected chi connectivity index (χ1v) is 6.49. The second kappa shape index (κ2) is 7.37. The van der Waals surface area contributed by atoms with Crippen LogP contribution in [-0.2, 0) is 16.1 Å². The molecule has 0 radical (unpaired) electrons. The number of azide groups is 1. The van der Waals surface area contributed by atoms with Crippen LogP contribution in [0, 0.1) is 0 Å². The van der Waals surface area contributed by atoms with Gasteiger partial charge in [0.05, 0.1) is 19.3 Å². The van der Waals surface area contributed by atoms with Crippen LogP contribution in [-0.4, -0.2) is 52.6 Å². The van der Waals surface area contributed by atoms with Crippen LogP contribution < -0.4 is 0 Å². The lowest BCUT2D eigenvalue weighted by atomic mass is 9.98. The molecule has 0 spiro atoms. The van der Waals surface area contributed by atoms with E-state index in [-0.39, 0.29) is 6.61 Å². The zero-order chi connectivity index (χ0) is 15.2. The van der Waals surface area contributed by atoms with Crippen molar-refractivity contribution in [2.45, 2.75) is 37.3 Å². The predicted octanol–water partition coefficient (Wildman–Crippen LogP) is 0.321. The molecule has 21 heavy (non-hydrogen) atoms. The lowest BCUT2D eigenvalue weighted by molar-refractivity contribution is -0.268. The average Bonchev–Trinajstić information content (AvgIpc) is 2.52. The predicted molar refractivity (Wildman–Crippen MR) is 71.9 cm³/mol. The summed E-state index contributed by atoms with van der Waals surface area (Å²) in [7, 11) is 0. The number of hydrogen-bond acceptors (Lipinski definition) is 6. The second-order valence-corrected chi connectivity index (χ2v) is 4.70. The summed E-state index contributed by atoms with van der Waals surface area (Å²) in [6, 6.07) is 8.17. The minimum Gasteiger partial charge on any atom is -0.394 e. The average molecular weight is 295 g/mol. The number of aliphatic hydroxyl groups is 3. The van der Waals surface area contributed by atoms with E-state index in [1.807, 2.05) is 30.3 Å². The molecule has 1 aliphatic heterocycles. The summed E-state index contributed by atoms with van der Waals surface area (Å²) in [6.45, 7) is -0.295. The van der Waals surface area contributed by atoms with E-state index in [9.17, 15) is 10.2 Å². The number of hydrogen-bond donors (Lipinski definition) is 3. The minimum absolute atomic E-state index is 0.184. The molecule has 114 valence electrons. The van der Waals surface area contributed by atoms with Crippen molar-refractivity contribution in [3.05, 3.63) is 46.3 Å². The first-order valence-electron chi connectivity index (χ1n) is 6.49. The summed E-state index contributed by atoms with van der Waals surface area (Å²) < 4.78 is 10.9. The third-order valence-corrected chi connectivity index (χ3v) is 3.29. The molecule has 0 saturated carbocycles. The molecule has 0 amide bonds. The fourth-order valence-electron chi connectivity index (χ4n) is 2.14. The Morgan fingerprint density at radius 2 is 1.95 bits per heavy atom.